The number of nitrogens with one attached hydrogen (secondary N) is 1. The Hall–Kier alpha value is -3.69. The molecule has 0 saturated carbocycles. The number of piperidine rings is 2. The molecule has 0 aliphatic carbocycles. The molecule has 226 valence electrons. The fourth-order valence-corrected chi connectivity index (χ4v) is 7.41. The predicted molar refractivity (Wildman–Crippen MR) is 174 cm³/mol. The van der Waals surface area contributed by atoms with Crippen LogP contribution in [0.15, 0.2) is 30.9 Å². The summed E-state index contributed by atoms with van der Waals surface area (Å²) < 4.78 is 6.13. The van der Waals surface area contributed by atoms with Gasteiger partial charge in [0.25, 0.3) is 0 Å². The van der Waals surface area contributed by atoms with Crippen LogP contribution in [0.25, 0.3) is 22.0 Å². The third-order valence-electron chi connectivity index (χ3n) is 9.73. The molecule has 3 aliphatic heterocycles. The van der Waals surface area contributed by atoms with Gasteiger partial charge in [-0.05, 0) is 76.5 Å². The molecule has 0 unspecified atom stereocenters. The molecule has 10 heteroatoms. The van der Waals surface area contributed by atoms with Gasteiger partial charge < -0.3 is 30.6 Å². The van der Waals surface area contributed by atoms with Crippen LogP contribution in [0.4, 0.5) is 11.5 Å². The van der Waals surface area contributed by atoms with E-state index in [4.69, 9.17) is 37.4 Å². The van der Waals surface area contributed by atoms with Crippen LogP contribution in [0.5, 0.6) is 5.75 Å². The topological polar surface area (TPSA) is 112 Å². The molecule has 6 rings (SSSR count). The number of hydrogen-bond acceptors (Lipinski definition) is 8. The van der Waals surface area contributed by atoms with E-state index in [1.165, 1.54) is 12.3 Å². The smallest absolute Gasteiger partial charge is 0.245 e. The Morgan fingerprint density at radius 3 is 2.49 bits per heavy atom. The lowest BCUT2D eigenvalue weighted by molar-refractivity contribution is -0.139. The van der Waals surface area contributed by atoms with Crippen molar-refractivity contribution in [1.29, 1.82) is 5.41 Å². The Kier molecular flexibility index (Phi) is 7.81. The van der Waals surface area contributed by atoms with Gasteiger partial charge in [0.05, 0.1) is 12.1 Å². The van der Waals surface area contributed by atoms with Crippen molar-refractivity contribution >= 4 is 46.1 Å². The summed E-state index contributed by atoms with van der Waals surface area (Å²) in [5.74, 6) is 2.55. The summed E-state index contributed by atoms with van der Waals surface area (Å²) in [6.07, 6.45) is 6.63. The fraction of sp³-hybridized carbons (Fsp3) is 0.455. The van der Waals surface area contributed by atoms with Crippen molar-refractivity contribution in [2.75, 3.05) is 64.1 Å². The van der Waals surface area contributed by atoms with Gasteiger partial charge in [-0.1, -0.05) is 24.2 Å². The van der Waals surface area contributed by atoms with Crippen LogP contribution in [0, 0.1) is 17.7 Å². The lowest BCUT2D eigenvalue weighted by atomic mass is 9.72. The summed E-state index contributed by atoms with van der Waals surface area (Å²) in [5.41, 5.74) is 10.7. The number of aryl methyl sites for hydroxylation is 1. The van der Waals surface area contributed by atoms with E-state index in [1.807, 2.05) is 30.0 Å². The zero-order valence-electron chi connectivity index (χ0n) is 25.3. The normalized spacial score (nSPS) is 19.0. The number of amides is 1. The molecule has 4 heterocycles. The predicted octanol–water partition coefficient (Wildman–Crippen LogP) is 5.27. The number of hydrogen-bond donors (Lipinski definition) is 2. The molecule has 3 N–H and O–H groups in total. The Balaban J connectivity index is 1.47. The van der Waals surface area contributed by atoms with Gasteiger partial charge in [-0.3, -0.25) is 4.79 Å². The number of anilines is 2. The van der Waals surface area contributed by atoms with E-state index >= 15 is 0 Å². The molecule has 2 aromatic carbocycles. The molecule has 1 aromatic heterocycles. The molecule has 3 fully saturated rings. The van der Waals surface area contributed by atoms with Gasteiger partial charge in [0.1, 0.15) is 17.2 Å². The van der Waals surface area contributed by atoms with Gasteiger partial charge in [-0.25, -0.2) is 9.97 Å². The van der Waals surface area contributed by atoms with Gasteiger partial charge in [-0.2, -0.15) is 0 Å². The molecular weight excluding hydrogens is 562 g/mol. The second kappa shape index (κ2) is 11.4. The molecular formula is C33H40ClN7O2. The lowest BCUT2D eigenvalue weighted by Gasteiger charge is -2.54. The van der Waals surface area contributed by atoms with E-state index in [-0.39, 0.29) is 17.2 Å². The van der Waals surface area contributed by atoms with Crippen LogP contribution in [0.2, 0.25) is 5.02 Å². The van der Waals surface area contributed by atoms with Crippen LogP contribution in [-0.2, 0) is 4.79 Å². The minimum absolute atomic E-state index is 0.0109. The lowest BCUT2D eigenvalue weighted by Crippen LogP contribution is -2.61. The number of fused-ring (bicyclic) bond motifs is 1. The van der Waals surface area contributed by atoms with Crippen LogP contribution in [0.3, 0.4) is 0 Å². The van der Waals surface area contributed by atoms with Gasteiger partial charge in [0.15, 0.2) is 5.75 Å². The molecule has 0 atom stereocenters. The maximum atomic E-state index is 12.1. The third-order valence-corrected chi connectivity index (χ3v) is 10.0. The van der Waals surface area contributed by atoms with Crippen molar-refractivity contribution in [2.24, 2.45) is 5.41 Å². The molecule has 3 saturated heterocycles. The summed E-state index contributed by atoms with van der Waals surface area (Å²) in [7, 11) is 3.80. The number of nitrogens with zero attached hydrogens (tertiary/aromatic N) is 5. The molecule has 1 spiro atoms. The maximum absolute atomic E-state index is 12.1. The molecule has 1 amide bonds. The number of aromatic nitrogens is 2. The van der Waals surface area contributed by atoms with Crippen molar-refractivity contribution in [3.63, 3.8) is 0 Å². The summed E-state index contributed by atoms with van der Waals surface area (Å²) in [4.78, 5) is 29.1. The molecule has 3 aliphatic rings. The summed E-state index contributed by atoms with van der Waals surface area (Å²) in [5, 5.41) is 9.49. The number of benzene rings is 2. The molecule has 9 nitrogen and oxygen atoms in total. The van der Waals surface area contributed by atoms with Gasteiger partial charge in [0, 0.05) is 71.5 Å². The minimum atomic E-state index is 0.0109. The SMILES string of the molecule is C=CC(=O)N1CC2(CCN(c3nc(C4CCN(C)CC4)nc4c(OC)c(-c5c(C)ccc(N)c5C=N)c(Cl)cc34)CC2)C1. The number of methoxy groups -OCH3 is 1. The second-order valence-electron chi connectivity index (χ2n) is 12.4. The highest BCUT2D eigenvalue weighted by Crippen LogP contribution is 2.48. The van der Waals surface area contributed by atoms with Crippen molar-refractivity contribution in [3.8, 4) is 16.9 Å². The Bertz CT molecular complexity index is 1600. The van der Waals surface area contributed by atoms with E-state index in [2.05, 4.69) is 23.4 Å². The summed E-state index contributed by atoms with van der Waals surface area (Å²) in [6.45, 7) is 10.9. The zero-order valence-corrected chi connectivity index (χ0v) is 26.0. The van der Waals surface area contributed by atoms with Crippen molar-refractivity contribution in [1.82, 2.24) is 19.8 Å². The van der Waals surface area contributed by atoms with E-state index < -0.39 is 0 Å². The third kappa shape index (κ3) is 5.12. The summed E-state index contributed by atoms with van der Waals surface area (Å²) in [6, 6.07) is 5.72. The van der Waals surface area contributed by atoms with Gasteiger partial charge in [0.2, 0.25) is 5.91 Å². The Morgan fingerprint density at radius 1 is 1.16 bits per heavy atom. The Labute approximate surface area is 258 Å². The first kappa shape index (κ1) is 29.4. The molecule has 3 aromatic rings. The number of carbonyl (C=O) groups excluding carboxylic acids is 1. The van der Waals surface area contributed by atoms with Crippen LogP contribution >= 0.6 is 11.6 Å². The van der Waals surface area contributed by atoms with E-state index in [1.54, 1.807) is 7.11 Å². The first-order chi connectivity index (χ1) is 20.7. The van der Waals surface area contributed by atoms with E-state index in [9.17, 15) is 4.79 Å². The van der Waals surface area contributed by atoms with Crippen LogP contribution < -0.4 is 15.4 Å². The van der Waals surface area contributed by atoms with E-state index in [0.29, 0.717) is 27.6 Å². The number of carbonyl (C=O) groups is 1. The molecule has 0 radical (unpaired) electrons. The average molecular weight is 602 g/mol. The minimum Gasteiger partial charge on any atom is -0.494 e. The van der Waals surface area contributed by atoms with Crippen molar-refractivity contribution in [3.05, 3.63) is 52.8 Å². The standard InChI is InChI=1S/C33H40ClN7O2/c1-5-26(42)41-18-33(19-41)10-14-40(15-11-33)32-22-16-24(34)28(27-20(2)6-7-25(36)23(27)17-35)30(43-4)29(22)37-31(38-32)21-8-12-39(3)13-9-21/h5-7,16-17,21,35H,1,8-15,18-19,36H2,2-4H3. The molecule has 0 bridgehead atoms. The zero-order chi connectivity index (χ0) is 30.5. The largest absolute Gasteiger partial charge is 0.494 e. The number of likely N-dealkylation sites (tertiary alicyclic amines) is 2. The van der Waals surface area contributed by atoms with Crippen LogP contribution in [-0.4, -0.2) is 85.3 Å². The number of nitrogen functional groups attached to an aromatic ring is 1. The monoisotopic (exact) mass is 601 g/mol. The highest BCUT2D eigenvalue weighted by molar-refractivity contribution is 6.35. The number of rotatable bonds is 6. The van der Waals surface area contributed by atoms with Crippen LogP contribution in [0.1, 0.15) is 48.6 Å². The maximum Gasteiger partial charge on any atom is 0.245 e. The Morgan fingerprint density at radius 2 is 1.86 bits per heavy atom. The number of ether oxygens (including phenoxy) is 1. The average Bonchev–Trinajstić information content (AvgIpc) is 3.00. The number of nitrogens with two attached hydrogens (primary N) is 1. The first-order valence-electron chi connectivity index (χ1n) is 15.0. The second-order valence-corrected chi connectivity index (χ2v) is 12.8. The molecule has 43 heavy (non-hydrogen) atoms. The van der Waals surface area contributed by atoms with Gasteiger partial charge in [-0.15, -0.1) is 0 Å². The first-order valence-corrected chi connectivity index (χ1v) is 15.4. The quantitative estimate of drug-likeness (QED) is 0.225. The van der Waals surface area contributed by atoms with Crippen molar-refractivity contribution < 1.29 is 9.53 Å². The summed E-state index contributed by atoms with van der Waals surface area (Å²) >= 11 is 7.11. The highest BCUT2D eigenvalue weighted by Gasteiger charge is 2.46. The van der Waals surface area contributed by atoms with Gasteiger partial charge >= 0.3 is 0 Å². The van der Waals surface area contributed by atoms with Crippen molar-refractivity contribution in [2.45, 2.75) is 38.5 Å². The van der Waals surface area contributed by atoms with E-state index in [0.717, 1.165) is 98.6 Å². The fourth-order valence-electron chi connectivity index (χ4n) is 7.12. The number of halogens is 1. The highest BCUT2D eigenvalue weighted by atomic mass is 35.5.